The minimum absolute atomic E-state index is 0.112. The van der Waals surface area contributed by atoms with Crippen LogP contribution in [0.4, 0.5) is 5.69 Å². The Hall–Kier alpha value is -1.42. The van der Waals surface area contributed by atoms with Crippen LogP contribution >= 0.6 is 11.9 Å². The molecule has 1 amide bonds. The van der Waals surface area contributed by atoms with Gasteiger partial charge in [0.1, 0.15) is 0 Å². The summed E-state index contributed by atoms with van der Waals surface area (Å²) in [4.78, 5) is 11.9. The van der Waals surface area contributed by atoms with E-state index in [1.165, 1.54) is 23.1 Å². The summed E-state index contributed by atoms with van der Waals surface area (Å²) in [5, 5.41) is 3.31. The first-order valence-corrected chi connectivity index (χ1v) is 8.81. The number of carbonyl (C=O) groups excluding carboxylic acids is 1. The van der Waals surface area contributed by atoms with Gasteiger partial charge in [0, 0.05) is 12.1 Å². The average Bonchev–Trinajstić information content (AvgIpc) is 2.44. The lowest BCUT2D eigenvalue weighted by Gasteiger charge is -2.11. The quantitative estimate of drug-likeness (QED) is 0.294. The van der Waals surface area contributed by atoms with E-state index in [4.69, 9.17) is 0 Å². The summed E-state index contributed by atoms with van der Waals surface area (Å²) in [6.45, 7) is 8.42. The molecular weight excluding hydrogens is 292 g/mol. The maximum absolute atomic E-state index is 11.9. The molecule has 22 heavy (non-hydrogen) atoms. The molecule has 0 aliphatic carbocycles. The van der Waals surface area contributed by atoms with Crippen LogP contribution in [0.3, 0.4) is 0 Å². The Labute approximate surface area is 139 Å². The summed E-state index contributed by atoms with van der Waals surface area (Å²) in [5.41, 5.74) is 3.66. The van der Waals surface area contributed by atoms with Crippen molar-refractivity contribution in [2.75, 3.05) is 11.2 Å². The fraction of sp³-hybridized carbons (Fsp3) is 0.500. The molecule has 1 rings (SSSR count). The molecule has 0 fully saturated rings. The summed E-state index contributed by atoms with van der Waals surface area (Å²) in [7, 11) is 0. The Kier molecular flexibility index (Phi) is 8.75. The summed E-state index contributed by atoms with van der Waals surface area (Å²) >= 11 is 1.41. The number of allylic oxidation sites excluding steroid dienone is 2. The van der Waals surface area contributed by atoms with Gasteiger partial charge in [-0.05, 0) is 63.1 Å². The van der Waals surface area contributed by atoms with Gasteiger partial charge in [-0.25, -0.2) is 0 Å². The van der Waals surface area contributed by atoms with E-state index in [0.717, 1.165) is 18.5 Å². The number of rotatable bonds is 9. The molecule has 0 saturated carbocycles. The fourth-order valence-corrected chi connectivity index (χ4v) is 2.66. The number of hydrogen-bond donors (Lipinski definition) is 2. The van der Waals surface area contributed by atoms with Gasteiger partial charge in [0.15, 0.2) is 0 Å². The highest BCUT2D eigenvalue weighted by molar-refractivity contribution is 7.98. The maximum atomic E-state index is 11.9. The second-order valence-electron chi connectivity index (χ2n) is 5.97. The van der Waals surface area contributed by atoms with E-state index in [9.17, 15) is 4.79 Å². The third-order valence-corrected chi connectivity index (χ3v) is 4.07. The molecule has 1 unspecified atom stereocenters. The molecule has 3 nitrogen and oxygen atoms in total. The van der Waals surface area contributed by atoms with Crippen molar-refractivity contribution in [3.63, 3.8) is 0 Å². The summed E-state index contributed by atoms with van der Waals surface area (Å²) < 4.78 is 2.90. The second-order valence-corrected chi connectivity index (χ2v) is 6.76. The van der Waals surface area contributed by atoms with Crippen molar-refractivity contribution in [1.82, 2.24) is 4.72 Å². The highest BCUT2D eigenvalue weighted by Gasteiger charge is 2.08. The van der Waals surface area contributed by atoms with E-state index in [0.29, 0.717) is 18.2 Å². The Morgan fingerprint density at radius 1 is 1.32 bits per heavy atom. The number of amides is 1. The van der Waals surface area contributed by atoms with Crippen molar-refractivity contribution < 1.29 is 4.79 Å². The number of nitrogens with one attached hydrogen (secondary N) is 2. The van der Waals surface area contributed by atoms with Gasteiger partial charge in [-0.2, -0.15) is 0 Å². The van der Waals surface area contributed by atoms with Crippen molar-refractivity contribution in [3.05, 3.63) is 41.5 Å². The van der Waals surface area contributed by atoms with Gasteiger partial charge in [0.25, 0.3) is 0 Å². The van der Waals surface area contributed by atoms with Gasteiger partial charge < -0.3 is 5.32 Å². The van der Waals surface area contributed by atoms with Crippen LogP contribution in [0, 0.1) is 12.8 Å². The molecule has 0 bridgehead atoms. The van der Waals surface area contributed by atoms with Crippen LogP contribution in [0.1, 0.15) is 45.6 Å². The van der Waals surface area contributed by atoms with Crippen LogP contribution in [-0.4, -0.2) is 11.8 Å². The predicted octanol–water partition coefficient (Wildman–Crippen LogP) is 4.90. The molecule has 0 aromatic heterocycles. The normalized spacial score (nSPS) is 11.6. The highest BCUT2D eigenvalue weighted by atomic mass is 32.2. The molecule has 0 aliphatic heterocycles. The van der Waals surface area contributed by atoms with E-state index in [2.05, 4.69) is 49.9 Å². The largest absolute Gasteiger partial charge is 0.374 e. The third-order valence-electron chi connectivity index (χ3n) is 3.41. The SMILES string of the molecule is CC(C)=CCCC(C)CC(=O)NSCNc1ccccc1C. The van der Waals surface area contributed by atoms with Crippen LogP contribution in [0.15, 0.2) is 35.9 Å². The minimum atomic E-state index is 0.112. The summed E-state index contributed by atoms with van der Waals surface area (Å²) in [6, 6.07) is 8.14. The van der Waals surface area contributed by atoms with Gasteiger partial charge in [0.2, 0.25) is 5.91 Å². The Morgan fingerprint density at radius 2 is 2.05 bits per heavy atom. The molecule has 0 saturated heterocycles. The zero-order valence-electron chi connectivity index (χ0n) is 14.1. The van der Waals surface area contributed by atoms with Crippen LogP contribution in [-0.2, 0) is 4.79 Å². The predicted molar refractivity (Wildman–Crippen MR) is 97.8 cm³/mol. The lowest BCUT2D eigenvalue weighted by molar-refractivity contribution is -0.120. The van der Waals surface area contributed by atoms with Gasteiger partial charge in [0.05, 0.1) is 5.88 Å². The Morgan fingerprint density at radius 3 is 2.73 bits per heavy atom. The van der Waals surface area contributed by atoms with E-state index >= 15 is 0 Å². The van der Waals surface area contributed by atoms with Gasteiger partial charge in [-0.1, -0.05) is 36.8 Å². The molecule has 0 aliphatic rings. The van der Waals surface area contributed by atoms with Crippen molar-refractivity contribution in [2.24, 2.45) is 5.92 Å². The van der Waals surface area contributed by atoms with Crippen LogP contribution < -0.4 is 10.0 Å². The van der Waals surface area contributed by atoms with Crippen LogP contribution in [0.25, 0.3) is 0 Å². The van der Waals surface area contributed by atoms with Crippen LogP contribution in [0.5, 0.6) is 0 Å². The fourth-order valence-electron chi connectivity index (χ4n) is 2.12. The van der Waals surface area contributed by atoms with Gasteiger partial charge >= 0.3 is 0 Å². The molecule has 1 atom stereocenters. The molecule has 1 aromatic carbocycles. The highest BCUT2D eigenvalue weighted by Crippen LogP contribution is 2.15. The standard InChI is InChI=1S/C18H28N2OS/c1-14(2)8-7-9-15(3)12-18(21)20-22-13-19-17-11-6-5-10-16(17)4/h5-6,8,10-11,15,19H,7,9,12-13H2,1-4H3,(H,20,21). The molecule has 122 valence electrons. The number of para-hydroxylation sites is 1. The first kappa shape index (κ1) is 18.6. The topological polar surface area (TPSA) is 41.1 Å². The van der Waals surface area contributed by atoms with Crippen molar-refractivity contribution in [1.29, 1.82) is 0 Å². The zero-order chi connectivity index (χ0) is 16.4. The molecule has 1 aromatic rings. The second kappa shape index (κ2) is 10.3. The summed E-state index contributed by atoms with van der Waals surface area (Å²) in [6.07, 6.45) is 4.94. The van der Waals surface area contributed by atoms with E-state index in [1.807, 2.05) is 18.2 Å². The maximum Gasteiger partial charge on any atom is 0.230 e. The van der Waals surface area contributed by atoms with Crippen LogP contribution in [0.2, 0.25) is 0 Å². The number of benzene rings is 1. The summed E-state index contributed by atoms with van der Waals surface area (Å²) in [5.74, 6) is 1.20. The Bertz CT molecular complexity index is 496. The van der Waals surface area contributed by atoms with Gasteiger partial charge in [-0.3, -0.25) is 9.52 Å². The number of anilines is 1. The molecule has 4 heteroatoms. The molecule has 0 spiro atoms. The van der Waals surface area contributed by atoms with E-state index < -0.39 is 0 Å². The first-order valence-electron chi connectivity index (χ1n) is 7.82. The third kappa shape index (κ3) is 8.13. The molecular formula is C18H28N2OS. The lowest BCUT2D eigenvalue weighted by Crippen LogP contribution is -2.20. The zero-order valence-corrected chi connectivity index (χ0v) is 14.9. The van der Waals surface area contributed by atoms with E-state index in [1.54, 1.807) is 0 Å². The smallest absolute Gasteiger partial charge is 0.230 e. The molecule has 0 radical (unpaired) electrons. The number of aryl methyl sites for hydroxylation is 1. The molecule has 0 heterocycles. The number of carbonyl (C=O) groups is 1. The average molecular weight is 321 g/mol. The van der Waals surface area contributed by atoms with Crippen molar-refractivity contribution >= 4 is 23.5 Å². The van der Waals surface area contributed by atoms with Crippen molar-refractivity contribution in [2.45, 2.75) is 47.0 Å². The Balaban J connectivity index is 2.15. The minimum Gasteiger partial charge on any atom is -0.374 e. The monoisotopic (exact) mass is 320 g/mol. The first-order chi connectivity index (χ1) is 10.5. The number of hydrogen-bond acceptors (Lipinski definition) is 3. The van der Waals surface area contributed by atoms with E-state index in [-0.39, 0.29) is 5.91 Å². The van der Waals surface area contributed by atoms with Gasteiger partial charge in [-0.15, -0.1) is 0 Å². The molecule has 2 N–H and O–H groups in total. The lowest BCUT2D eigenvalue weighted by atomic mass is 10.0. The van der Waals surface area contributed by atoms with Crippen molar-refractivity contribution in [3.8, 4) is 0 Å².